The topological polar surface area (TPSA) is 26.0 Å². The molecule has 3 aromatic carbocycles. The summed E-state index contributed by atoms with van der Waals surface area (Å²) in [6.07, 6.45) is 0. The molecule has 3 aromatic rings. The minimum Gasteiger partial charge on any atom is -0.320 e. The van der Waals surface area contributed by atoms with E-state index < -0.39 is 0 Å². The molecular formula is C18H15BrFN. The van der Waals surface area contributed by atoms with E-state index in [1.54, 1.807) is 6.07 Å². The molecule has 0 aliphatic rings. The second kappa shape index (κ2) is 5.58. The summed E-state index contributed by atoms with van der Waals surface area (Å²) in [5.41, 5.74) is 9.24. The second-order valence-corrected chi connectivity index (χ2v) is 6.02. The van der Waals surface area contributed by atoms with Gasteiger partial charge in [0.2, 0.25) is 0 Å². The maximum absolute atomic E-state index is 13.5. The molecule has 3 rings (SSSR count). The summed E-state index contributed by atoms with van der Waals surface area (Å²) in [5, 5.41) is 2.20. The summed E-state index contributed by atoms with van der Waals surface area (Å²) in [7, 11) is 0. The number of hydrogen-bond donors (Lipinski definition) is 1. The minimum absolute atomic E-state index is 0.257. The Morgan fingerprint density at radius 3 is 2.43 bits per heavy atom. The van der Waals surface area contributed by atoms with Crippen LogP contribution in [-0.2, 0) is 0 Å². The van der Waals surface area contributed by atoms with Crippen molar-refractivity contribution in [2.45, 2.75) is 13.0 Å². The van der Waals surface area contributed by atoms with Gasteiger partial charge in [-0.2, -0.15) is 0 Å². The largest absolute Gasteiger partial charge is 0.320 e. The number of hydrogen-bond acceptors (Lipinski definition) is 1. The van der Waals surface area contributed by atoms with Crippen molar-refractivity contribution in [1.29, 1.82) is 0 Å². The summed E-state index contributed by atoms with van der Waals surface area (Å²) >= 11 is 3.56. The number of aryl methyl sites for hydroxylation is 1. The van der Waals surface area contributed by atoms with Crippen molar-refractivity contribution >= 4 is 26.7 Å². The molecule has 0 amide bonds. The standard InChI is InChI=1S/C18H15BrFN/c1-11-6-7-12(20)10-16(11)18(21)15-8-9-17(19)14-5-3-2-4-13(14)15/h2-10,18H,21H2,1H3. The van der Waals surface area contributed by atoms with Crippen molar-refractivity contribution in [1.82, 2.24) is 0 Å². The SMILES string of the molecule is Cc1ccc(F)cc1C(N)c1ccc(Br)c2ccccc12. The molecule has 0 aromatic heterocycles. The fourth-order valence-corrected chi connectivity index (χ4v) is 3.15. The highest BCUT2D eigenvalue weighted by atomic mass is 79.9. The molecule has 0 aliphatic carbocycles. The van der Waals surface area contributed by atoms with Gasteiger partial charge in [0, 0.05) is 4.47 Å². The second-order valence-electron chi connectivity index (χ2n) is 5.16. The Labute approximate surface area is 131 Å². The molecule has 1 nitrogen and oxygen atoms in total. The molecule has 0 heterocycles. The Balaban J connectivity index is 2.20. The molecule has 0 bridgehead atoms. The summed E-state index contributed by atoms with van der Waals surface area (Å²) in [4.78, 5) is 0. The zero-order chi connectivity index (χ0) is 15.0. The highest BCUT2D eigenvalue weighted by Gasteiger charge is 2.15. The smallest absolute Gasteiger partial charge is 0.123 e. The van der Waals surface area contributed by atoms with Gasteiger partial charge in [0.15, 0.2) is 0 Å². The zero-order valence-electron chi connectivity index (χ0n) is 11.6. The molecule has 0 saturated heterocycles. The van der Waals surface area contributed by atoms with Crippen LogP contribution in [0.15, 0.2) is 59.1 Å². The molecule has 0 aliphatic heterocycles. The van der Waals surface area contributed by atoms with E-state index in [1.165, 1.54) is 12.1 Å². The van der Waals surface area contributed by atoms with Gasteiger partial charge in [-0.1, -0.05) is 52.3 Å². The molecule has 3 heteroatoms. The monoisotopic (exact) mass is 343 g/mol. The molecule has 2 N–H and O–H groups in total. The van der Waals surface area contributed by atoms with Crippen LogP contribution in [0.4, 0.5) is 4.39 Å². The molecular weight excluding hydrogens is 329 g/mol. The third-order valence-corrected chi connectivity index (χ3v) is 4.51. The third-order valence-electron chi connectivity index (χ3n) is 3.82. The average molecular weight is 344 g/mol. The predicted molar refractivity (Wildman–Crippen MR) is 88.8 cm³/mol. The van der Waals surface area contributed by atoms with E-state index in [0.29, 0.717) is 0 Å². The van der Waals surface area contributed by atoms with E-state index in [9.17, 15) is 4.39 Å². The van der Waals surface area contributed by atoms with Crippen LogP contribution < -0.4 is 5.73 Å². The summed E-state index contributed by atoms with van der Waals surface area (Å²) in [5.74, 6) is -0.257. The van der Waals surface area contributed by atoms with Crippen LogP contribution in [0.3, 0.4) is 0 Å². The molecule has 0 radical (unpaired) electrons. The van der Waals surface area contributed by atoms with E-state index in [1.807, 2.05) is 43.3 Å². The fraction of sp³-hybridized carbons (Fsp3) is 0.111. The lowest BCUT2D eigenvalue weighted by atomic mass is 9.92. The number of nitrogens with two attached hydrogens (primary N) is 1. The highest BCUT2D eigenvalue weighted by Crippen LogP contribution is 2.33. The van der Waals surface area contributed by atoms with Crippen molar-refractivity contribution in [2.75, 3.05) is 0 Å². The van der Waals surface area contributed by atoms with Gasteiger partial charge in [-0.15, -0.1) is 0 Å². The van der Waals surface area contributed by atoms with E-state index in [4.69, 9.17) is 5.73 Å². The molecule has 106 valence electrons. The fourth-order valence-electron chi connectivity index (χ4n) is 2.67. The maximum atomic E-state index is 13.5. The Morgan fingerprint density at radius 1 is 0.952 bits per heavy atom. The van der Waals surface area contributed by atoms with Gasteiger partial charge >= 0.3 is 0 Å². The van der Waals surface area contributed by atoms with Crippen LogP contribution in [0, 0.1) is 12.7 Å². The van der Waals surface area contributed by atoms with Crippen molar-refractivity contribution < 1.29 is 4.39 Å². The van der Waals surface area contributed by atoms with Crippen LogP contribution in [0.1, 0.15) is 22.7 Å². The van der Waals surface area contributed by atoms with Crippen molar-refractivity contribution in [3.8, 4) is 0 Å². The van der Waals surface area contributed by atoms with Crippen LogP contribution in [0.5, 0.6) is 0 Å². The van der Waals surface area contributed by atoms with Crippen LogP contribution >= 0.6 is 15.9 Å². The van der Waals surface area contributed by atoms with Crippen LogP contribution in [-0.4, -0.2) is 0 Å². The van der Waals surface area contributed by atoms with Crippen molar-refractivity contribution in [3.05, 3.63) is 81.6 Å². The van der Waals surface area contributed by atoms with Gasteiger partial charge in [-0.3, -0.25) is 0 Å². The number of rotatable bonds is 2. The maximum Gasteiger partial charge on any atom is 0.123 e. The number of fused-ring (bicyclic) bond motifs is 1. The zero-order valence-corrected chi connectivity index (χ0v) is 13.2. The van der Waals surface area contributed by atoms with E-state index in [0.717, 1.165) is 31.9 Å². The van der Waals surface area contributed by atoms with Crippen molar-refractivity contribution in [3.63, 3.8) is 0 Å². The number of benzene rings is 3. The summed E-state index contributed by atoms with van der Waals surface area (Å²) < 4.78 is 14.6. The van der Waals surface area contributed by atoms with Gasteiger partial charge in [0.05, 0.1) is 6.04 Å². The average Bonchev–Trinajstić information content (AvgIpc) is 2.50. The van der Waals surface area contributed by atoms with Crippen LogP contribution in [0.25, 0.3) is 10.8 Å². The highest BCUT2D eigenvalue weighted by molar-refractivity contribution is 9.10. The Bertz CT molecular complexity index is 813. The van der Waals surface area contributed by atoms with Gasteiger partial charge in [-0.05, 0) is 52.6 Å². The lowest BCUT2D eigenvalue weighted by Crippen LogP contribution is -2.14. The van der Waals surface area contributed by atoms with Crippen molar-refractivity contribution in [2.24, 2.45) is 5.73 Å². The third kappa shape index (κ3) is 2.59. The first-order valence-electron chi connectivity index (χ1n) is 6.76. The molecule has 0 spiro atoms. The Kier molecular flexibility index (Phi) is 3.79. The Morgan fingerprint density at radius 2 is 1.67 bits per heavy atom. The van der Waals surface area contributed by atoms with Crippen LogP contribution in [0.2, 0.25) is 0 Å². The summed E-state index contributed by atoms with van der Waals surface area (Å²) in [6.45, 7) is 1.95. The first-order chi connectivity index (χ1) is 10.1. The molecule has 0 saturated carbocycles. The molecule has 21 heavy (non-hydrogen) atoms. The van der Waals surface area contributed by atoms with Gasteiger partial charge < -0.3 is 5.73 Å². The van der Waals surface area contributed by atoms with E-state index in [2.05, 4.69) is 15.9 Å². The number of halogens is 2. The minimum atomic E-state index is -0.348. The quantitative estimate of drug-likeness (QED) is 0.688. The molecule has 1 unspecified atom stereocenters. The van der Waals surface area contributed by atoms with Gasteiger partial charge in [0.25, 0.3) is 0 Å². The first-order valence-corrected chi connectivity index (χ1v) is 7.56. The van der Waals surface area contributed by atoms with E-state index in [-0.39, 0.29) is 11.9 Å². The lowest BCUT2D eigenvalue weighted by molar-refractivity contribution is 0.623. The Hall–Kier alpha value is -1.71. The van der Waals surface area contributed by atoms with Gasteiger partial charge in [-0.25, -0.2) is 4.39 Å². The predicted octanol–water partition coefficient (Wildman–Crippen LogP) is 5.10. The first kappa shape index (κ1) is 14.2. The normalized spacial score (nSPS) is 12.6. The molecule has 0 fully saturated rings. The van der Waals surface area contributed by atoms with E-state index >= 15 is 0 Å². The lowest BCUT2D eigenvalue weighted by Gasteiger charge is -2.18. The molecule has 1 atom stereocenters. The van der Waals surface area contributed by atoms with Gasteiger partial charge in [0.1, 0.15) is 5.82 Å². The summed E-state index contributed by atoms with van der Waals surface area (Å²) in [6, 6.07) is 16.5.